The maximum Gasteiger partial charge on any atom is 0.218 e. The second-order valence-electron chi connectivity index (χ2n) is 2.33. The summed E-state index contributed by atoms with van der Waals surface area (Å²) in [5.41, 5.74) is 1.02. The Morgan fingerprint density at radius 1 is 1.50 bits per heavy atom. The van der Waals surface area contributed by atoms with Gasteiger partial charge >= 0.3 is 0 Å². The van der Waals surface area contributed by atoms with E-state index in [1.807, 2.05) is 18.2 Å². The van der Waals surface area contributed by atoms with Crippen molar-refractivity contribution in [2.75, 3.05) is 6.54 Å². The zero-order chi connectivity index (χ0) is 8.97. The van der Waals surface area contributed by atoms with E-state index < -0.39 is 0 Å². The van der Waals surface area contributed by atoms with Crippen LogP contribution < -0.4 is 0 Å². The van der Waals surface area contributed by atoms with Crippen molar-refractivity contribution in [2.24, 2.45) is 0 Å². The van der Waals surface area contributed by atoms with E-state index in [0.29, 0.717) is 13.0 Å². The highest BCUT2D eigenvalue weighted by Gasteiger charge is 2.04. The van der Waals surface area contributed by atoms with Gasteiger partial charge in [0, 0.05) is 15.9 Å². The van der Waals surface area contributed by atoms with Crippen LogP contribution in [0.25, 0.3) is 4.85 Å². The van der Waals surface area contributed by atoms with Gasteiger partial charge < -0.3 is 4.85 Å². The minimum Gasteiger partial charge on any atom is -0.317 e. The van der Waals surface area contributed by atoms with Crippen LogP contribution in [0.1, 0.15) is 5.56 Å². The molecule has 1 aromatic rings. The Morgan fingerprint density at radius 3 is 2.83 bits per heavy atom. The summed E-state index contributed by atoms with van der Waals surface area (Å²) >= 11 is 9.32. The van der Waals surface area contributed by atoms with E-state index in [2.05, 4.69) is 20.8 Å². The average molecular weight is 245 g/mol. The fraction of sp³-hybridized carbons (Fsp3) is 0.222. The molecule has 0 saturated heterocycles. The summed E-state index contributed by atoms with van der Waals surface area (Å²) in [6.45, 7) is 7.15. The summed E-state index contributed by atoms with van der Waals surface area (Å²) in [4.78, 5) is 3.28. The molecule has 0 spiro atoms. The van der Waals surface area contributed by atoms with Gasteiger partial charge in [-0.1, -0.05) is 33.6 Å². The molecule has 0 amide bonds. The van der Waals surface area contributed by atoms with Gasteiger partial charge in [0.1, 0.15) is 0 Å². The van der Waals surface area contributed by atoms with Gasteiger partial charge in [0.2, 0.25) is 6.54 Å². The lowest BCUT2D eigenvalue weighted by Gasteiger charge is -2.01. The molecule has 1 aromatic carbocycles. The molecule has 0 saturated carbocycles. The number of halogens is 2. The number of hydrogen-bond donors (Lipinski definition) is 0. The van der Waals surface area contributed by atoms with Gasteiger partial charge in [0.25, 0.3) is 0 Å². The van der Waals surface area contributed by atoms with Crippen LogP contribution in [0.3, 0.4) is 0 Å². The Morgan fingerprint density at radius 2 is 2.25 bits per heavy atom. The van der Waals surface area contributed by atoms with Crippen molar-refractivity contribution in [1.29, 1.82) is 0 Å². The number of hydrogen-bond acceptors (Lipinski definition) is 0. The molecule has 0 aliphatic heterocycles. The molecule has 0 aliphatic rings. The third-order valence-electron chi connectivity index (χ3n) is 1.54. The zero-order valence-electron chi connectivity index (χ0n) is 6.35. The molecule has 3 heteroatoms. The van der Waals surface area contributed by atoms with E-state index >= 15 is 0 Å². The predicted molar refractivity (Wildman–Crippen MR) is 54.3 cm³/mol. The molecule has 0 radical (unpaired) electrons. The highest BCUT2D eigenvalue weighted by molar-refractivity contribution is 9.10. The third kappa shape index (κ3) is 2.23. The van der Waals surface area contributed by atoms with Crippen LogP contribution in [-0.2, 0) is 6.42 Å². The Bertz CT molecular complexity index is 297. The van der Waals surface area contributed by atoms with Crippen molar-refractivity contribution in [3.05, 3.63) is 44.7 Å². The van der Waals surface area contributed by atoms with E-state index in [9.17, 15) is 0 Å². The Balaban J connectivity index is 2.90. The first kappa shape index (κ1) is 9.57. The van der Waals surface area contributed by atoms with Crippen LogP contribution in [0.15, 0.2) is 22.7 Å². The quantitative estimate of drug-likeness (QED) is 0.701. The molecule has 0 N–H and O–H groups in total. The Kier molecular flexibility index (Phi) is 3.58. The van der Waals surface area contributed by atoms with Crippen molar-refractivity contribution in [1.82, 2.24) is 0 Å². The van der Waals surface area contributed by atoms with Crippen molar-refractivity contribution in [2.45, 2.75) is 6.42 Å². The molecule has 0 aromatic heterocycles. The van der Waals surface area contributed by atoms with Crippen molar-refractivity contribution in [3.63, 3.8) is 0 Å². The standard InChI is InChI=1S/C9H7BrClN/c1-12-6-5-7-8(10)3-2-4-9(7)11/h2-4H,5-6H2. The van der Waals surface area contributed by atoms with Gasteiger partial charge in [-0.25, -0.2) is 6.57 Å². The lowest BCUT2D eigenvalue weighted by Crippen LogP contribution is -1.90. The van der Waals surface area contributed by atoms with Gasteiger partial charge in [0.05, 0.1) is 0 Å². The van der Waals surface area contributed by atoms with Crippen LogP contribution in [-0.4, -0.2) is 6.54 Å². The lowest BCUT2D eigenvalue weighted by atomic mass is 10.1. The van der Waals surface area contributed by atoms with Crippen LogP contribution in [0.2, 0.25) is 5.02 Å². The minimum absolute atomic E-state index is 0.488. The topological polar surface area (TPSA) is 4.36 Å². The Labute approximate surface area is 85.3 Å². The number of nitrogens with zero attached hydrogens (tertiary/aromatic N) is 1. The van der Waals surface area contributed by atoms with E-state index in [1.165, 1.54) is 0 Å². The summed E-state index contributed by atoms with van der Waals surface area (Å²) in [7, 11) is 0. The van der Waals surface area contributed by atoms with Gasteiger partial charge in [0.15, 0.2) is 0 Å². The summed E-state index contributed by atoms with van der Waals surface area (Å²) in [5, 5.41) is 0.730. The molecule has 1 nitrogen and oxygen atoms in total. The maximum absolute atomic E-state index is 6.66. The van der Waals surface area contributed by atoms with E-state index in [-0.39, 0.29) is 0 Å². The second kappa shape index (κ2) is 4.49. The highest BCUT2D eigenvalue weighted by atomic mass is 79.9. The Hall–Kier alpha value is -0.520. The molecular weight excluding hydrogens is 237 g/mol. The maximum atomic E-state index is 6.66. The van der Waals surface area contributed by atoms with Crippen LogP contribution in [0, 0.1) is 6.57 Å². The average Bonchev–Trinajstić information content (AvgIpc) is 2.04. The minimum atomic E-state index is 0.488. The van der Waals surface area contributed by atoms with Crippen LogP contribution in [0.4, 0.5) is 0 Å². The molecule has 62 valence electrons. The molecule has 1 rings (SSSR count). The summed E-state index contributed by atoms with van der Waals surface area (Å²) in [6.07, 6.45) is 0.712. The predicted octanol–water partition coefficient (Wildman–Crippen LogP) is 3.56. The number of benzene rings is 1. The first-order valence-electron chi connectivity index (χ1n) is 3.52. The largest absolute Gasteiger partial charge is 0.317 e. The normalized spacial score (nSPS) is 9.42. The fourth-order valence-corrected chi connectivity index (χ4v) is 1.89. The molecule has 0 fully saturated rings. The van der Waals surface area contributed by atoms with E-state index in [1.54, 1.807) is 0 Å². The SMILES string of the molecule is [C-]#[N+]CCc1c(Cl)cccc1Br. The van der Waals surface area contributed by atoms with Gasteiger partial charge in [-0.2, -0.15) is 0 Å². The summed E-state index contributed by atoms with van der Waals surface area (Å²) < 4.78 is 0.985. The smallest absolute Gasteiger partial charge is 0.218 e. The van der Waals surface area contributed by atoms with Gasteiger partial charge in [-0.15, -0.1) is 0 Å². The molecule has 0 atom stereocenters. The monoisotopic (exact) mass is 243 g/mol. The fourth-order valence-electron chi connectivity index (χ4n) is 0.939. The molecule has 0 unspecified atom stereocenters. The first-order chi connectivity index (χ1) is 5.75. The van der Waals surface area contributed by atoms with Crippen molar-refractivity contribution >= 4 is 27.5 Å². The van der Waals surface area contributed by atoms with Crippen molar-refractivity contribution in [3.8, 4) is 0 Å². The highest BCUT2D eigenvalue weighted by Crippen LogP contribution is 2.24. The molecule has 0 aliphatic carbocycles. The molecule has 0 bridgehead atoms. The summed E-state index contributed by atoms with van der Waals surface area (Å²) in [5.74, 6) is 0. The van der Waals surface area contributed by atoms with Crippen molar-refractivity contribution < 1.29 is 0 Å². The summed E-state index contributed by atoms with van der Waals surface area (Å²) in [6, 6.07) is 5.66. The third-order valence-corrected chi connectivity index (χ3v) is 2.63. The first-order valence-corrected chi connectivity index (χ1v) is 4.69. The van der Waals surface area contributed by atoms with Gasteiger partial charge in [-0.3, -0.25) is 0 Å². The second-order valence-corrected chi connectivity index (χ2v) is 3.59. The molecular formula is C9H7BrClN. The lowest BCUT2D eigenvalue weighted by molar-refractivity contribution is 1.07. The van der Waals surface area contributed by atoms with Crippen LogP contribution in [0.5, 0.6) is 0 Å². The molecule has 12 heavy (non-hydrogen) atoms. The molecule has 0 heterocycles. The number of rotatable bonds is 2. The van der Waals surface area contributed by atoms with Crippen LogP contribution >= 0.6 is 27.5 Å². The van der Waals surface area contributed by atoms with E-state index in [4.69, 9.17) is 18.2 Å². The van der Waals surface area contributed by atoms with Gasteiger partial charge in [-0.05, 0) is 17.7 Å². The zero-order valence-corrected chi connectivity index (χ0v) is 8.69. The van der Waals surface area contributed by atoms with E-state index in [0.717, 1.165) is 15.1 Å².